The third-order valence-electron chi connectivity index (χ3n) is 3.98. The lowest BCUT2D eigenvalue weighted by atomic mass is 9.92. The molecule has 0 bridgehead atoms. The molecular weight excluding hydrogens is 360 g/mol. The number of nitrogens with one attached hydrogen (secondary N) is 1. The molecule has 1 aliphatic heterocycles. The Morgan fingerprint density at radius 3 is 2.70 bits per heavy atom. The van der Waals surface area contributed by atoms with Crippen LogP contribution in [-0.2, 0) is 0 Å². The average Bonchev–Trinajstić information content (AvgIpc) is 3.05. The van der Waals surface area contributed by atoms with Gasteiger partial charge >= 0.3 is 0 Å². The number of halogens is 1. The molecule has 0 saturated carbocycles. The van der Waals surface area contributed by atoms with E-state index in [4.69, 9.17) is 9.26 Å². The van der Waals surface area contributed by atoms with Crippen molar-refractivity contribution in [3.05, 3.63) is 34.5 Å². The number of nitrogens with zero attached hydrogens (tertiary/aromatic N) is 3. The molecule has 1 fully saturated rings. The highest BCUT2D eigenvalue weighted by molar-refractivity contribution is 9.10. The van der Waals surface area contributed by atoms with Crippen molar-refractivity contribution in [3.8, 4) is 5.88 Å². The Bertz CT molecular complexity index is 623. The van der Waals surface area contributed by atoms with Crippen LogP contribution in [0.15, 0.2) is 27.3 Å². The summed E-state index contributed by atoms with van der Waals surface area (Å²) in [5, 5.41) is 7.45. The minimum absolute atomic E-state index is 0.229. The predicted octanol–water partition coefficient (Wildman–Crippen LogP) is 3.47. The number of piperidine rings is 1. The van der Waals surface area contributed by atoms with Crippen LogP contribution in [0.3, 0.4) is 0 Å². The van der Waals surface area contributed by atoms with Gasteiger partial charge in [0.25, 0.3) is 5.89 Å². The van der Waals surface area contributed by atoms with E-state index in [9.17, 15) is 0 Å². The van der Waals surface area contributed by atoms with Crippen molar-refractivity contribution < 1.29 is 9.26 Å². The maximum Gasteiger partial charge on any atom is 0.268 e. The van der Waals surface area contributed by atoms with E-state index in [0.29, 0.717) is 23.5 Å². The molecule has 23 heavy (non-hydrogen) atoms. The molecule has 3 heterocycles. The van der Waals surface area contributed by atoms with Gasteiger partial charge in [-0.3, -0.25) is 0 Å². The largest absolute Gasteiger partial charge is 0.464 e. The predicted molar refractivity (Wildman–Crippen MR) is 89.3 cm³/mol. The summed E-state index contributed by atoms with van der Waals surface area (Å²) in [7, 11) is 0. The lowest BCUT2D eigenvalue weighted by molar-refractivity contribution is 0.0764. The first-order chi connectivity index (χ1) is 11.1. The number of rotatable bonds is 5. The Morgan fingerprint density at radius 2 is 2.09 bits per heavy atom. The van der Waals surface area contributed by atoms with Gasteiger partial charge in [-0.2, -0.15) is 4.98 Å². The van der Waals surface area contributed by atoms with E-state index >= 15 is 0 Å². The van der Waals surface area contributed by atoms with Gasteiger partial charge in [-0.1, -0.05) is 19.0 Å². The van der Waals surface area contributed by atoms with Crippen molar-refractivity contribution in [2.24, 2.45) is 5.92 Å². The van der Waals surface area contributed by atoms with Crippen molar-refractivity contribution in [1.82, 2.24) is 20.4 Å². The fourth-order valence-electron chi connectivity index (χ4n) is 2.65. The van der Waals surface area contributed by atoms with Crippen molar-refractivity contribution in [2.45, 2.75) is 38.7 Å². The summed E-state index contributed by atoms with van der Waals surface area (Å²) in [6, 6.07) is 3.76. The molecule has 1 N–H and O–H groups in total. The third kappa shape index (κ3) is 4.09. The van der Waals surface area contributed by atoms with Crippen LogP contribution in [0.25, 0.3) is 0 Å². The van der Waals surface area contributed by atoms with Crippen LogP contribution >= 0.6 is 15.9 Å². The molecule has 6 nitrogen and oxygen atoms in total. The molecule has 1 saturated heterocycles. The summed E-state index contributed by atoms with van der Waals surface area (Å²) in [5.41, 5.74) is 0. The zero-order valence-corrected chi connectivity index (χ0v) is 14.9. The molecular formula is C16H21BrN4O2. The van der Waals surface area contributed by atoms with Crippen LogP contribution in [0.5, 0.6) is 5.88 Å². The third-order valence-corrected chi connectivity index (χ3v) is 4.45. The first-order valence-corrected chi connectivity index (χ1v) is 8.75. The van der Waals surface area contributed by atoms with Crippen LogP contribution in [0, 0.1) is 5.92 Å². The van der Waals surface area contributed by atoms with E-state index in [1.54, 1.807) is 6.20 Å². The minimum Gasteiger partial charge on any atom is -0.464 e. The van der Waals surface area contributed by atoms with E-state index < -0.39 is 0 Å². The molecule has 2 aromatic heterocycles. The molecule has 1 unspecified atom stereocenters. The second-order valence-electron chi connectivity index (χ2n) is 6.09. The quantitative estimate of drug-likeness (QED) is 0.855. The Morgan fingerprint density at radius 1 is 1.30 bits per heavy atom. The van der Waals surface area contributed by atoms with E-state index in [2.05, 4.69) is 36.4 Å². The maximum atomic E-state index is 6.13. The van der Waals surface area contributed by atoms with Gasteiger partial charge in [0.2, 0.25) is 5.88 Å². The maximum absolute atomic E-state index is 6.13. The van der Waals surface area contributed by atoms with Gasteiger partial charge in [0, 0.05) is 28.6 Å². The van der Waals surface area contributed by atoms with Gasteiger partial charge in [-0.25, -0.2) is 4.98 Å². The van der Waals surface area contributed by atoms with Crippen LogP contribution in [0.2, 0.25) is 0 Å². The van der Waals surface area contributed by atoms with E-state index in [1.807, 2.05) is 26.0 Å². The Hall–Kier alpha value is -1.47. The van der Waals surface area contributed by atoms with Crippen LogP contribution < -0.4 is 10.1 Å². The molecule has 1 atom stereocenters. The number of pyridine rings is 1. The standard InChI is InChI=1S/C16H21BrN4O2/c1-10(2)15-20-16(23-21-15)14(11-5-7-18-8-6-11)22-13-4-3-12(17)9-19-13/h3-4,9-11,14,18H,5-8H2,1-2H3. The van der Waals surface area contributed by atoms with Crippen molar-refractivity contribution in [2.75, 3.05) is 13.1 Å². The number of ether oxygens (including phenoxy) is 1. The zero-order chi connectivity index (χ0) is 16.2. The SMILES string of the molecule is CC(C)c1noc(C(Oc2ccc(Br)cn2)C2CCNCC2)n1. The summed E-state index contributed by atoms with van der Waals surface area (Å²) >= 11 is 3.39. The normalized spacial score (nSPS) is 17.4. The number of hydrogen-bond acceptors (Lipinski definition) is 6. The molecule has 0 amide bonds. The Balaban J connectivity index is 1.84. The number of hydrogen-bond donors (Lipinski definition) is 1. The molecule has 124 valence electrons. The highest BCUT2D eigenvalue weighted by Crippen LogP contribution is 2.32. The molecule has 7 heteroatoms. The molecule has 0 aliphatic carbocycles. The summed E-state index contributed by atoms with van der Waals surface area (Å²) in [6.07, 6.45) is 3.49. The van der Waals surface area contributed by atoms with Gasteiger partial charge in [0.05, 0.1) is 0 Å². The van der Waals surface area contributed by atoms with Gasteiger partial charge < -0.3 is 14.6 Å². The molecule has 0 aromatic carbocycles. The first kappa shape index (κ1) is 16.4. The van der Waals surface area contributed by atoms with Gasteiger partial charge in [0.1, 0.15) is 0 Å². The van der Waals surface area contributed by atoms with Gasteiger partial charge in [-0.15, -0.1) is 0 Å². The van der Waals surface area contributed by atoms with E-state index in [1.165, 1.54) is 0 Å². The van der Waals surface area contributed by atoms with Crippen molar-refractivity contribution in [3.63, 3.8) is 0 Å². The first-order valence-electron chi connectivity index (χ1n) is 7.96. The zero-order valence-electron chi connectivity index (χ0n) is 13.3. The molecule has 1 aliphatic rings. The van der Waals surface area contributed by atoms with Crippen LogP contribution in [0.4, 0.5) is 0 Å². The van der Waals surface area contributed by atoms with Crippen LogP contribution in [0.1, 0.15) is 50.4 Å². The van der Waals surface area contributed by atoms with Crippen molar-refractivity contribution in [1.29, 1.82) is 0 Å². The lowest BCUT2D eigenvalue weighted by Crippen LogP contribution is -2.33. The average molecular weight is 381 g/mol. The van der Waals surface area contributed by atoms with Gasteiger partial charge in [-0.05, 0) is 47.9 Å². The Kier molecular flexibility index (Phi) is 5.27. The molecule has 0 spiro atoms. The summed E-state index contributed by atoms with van der Waals surface area (Å²) in [5.74, 6) is 2.40. The smallest absolute Gasteiger partial charge is 0.268 e. The summed E-state index contributed by atoms with van der Waals surface area (Å²) in [6.45, 7) is 6.05. The molecule has 2 aromatic rings. The molecule has 3 rings (SSSR count). The monoisotopic (exact) mass is 380 g/mol. The van der Waals surface area contributed by atoms with Gasteiger partial charge in [0.15, 0.2) is 11.9 Å². The Labute approximate surface area is 144 Å². The van der Waals surface area contributed by atoms with E-state index in [0.717, 1.165) is 30.4 Å². The summed E-state index contributed by atoms with van der Waals surface area (Å²) in [4.78, 5) is 8.84. The number of aromatic nitrogens is 3. The second-order valence-corrected chi connectivity index (χ2v) is 7.00. The highest BCUT2D eigenvalue weighted by atomic mass is 79.9. The highest BCUT2D eigenvalue weighted by Gasteiger charge is 2.32. The summed E-state index contributed by atoms with van der Waals surface area (Å²) < 4.78 is 12.5. The topological polar surface area (TPSA) is 73.1 Å². The fourth-order valence-corrected chi connectivity index (χ4v) is 2.89. The van der Waals surface area contributed by atoms with Crippen molar-refractivity contribution >= 4 is 15.9 Å². The fraction of sp³-hybridized carbons (Fsp3) is 0.562. The van der Waals surface area contributed by atoms with Crippen LogP contribution in [-0.4, -0.2) is 28.2 Å². The lowest BCUT2D eigenvalue weighted by Gasteiger charge is -2.28. The minimum atomic E-state index is -0.259. The molecule has 0 radical (unpaired) electrons. The van der Waals surface area contributed by atoms with E-state index in [-0.39, 0.29) is 12.0 Å². The second kappa shape index (κ2) is 7.40.